The molecule has 5 heteroatoms. The minimum absolute atomic E-state index is 0.0880. The lowest BCUT2D eigenvalue weighted by molar-refractivity contribution is -0.146. The van der Waals surface area contributed by atoms with Crippen LogP contribution in [0.3, 0.4) is 0 Å². The van der Waals surface area contributed by atoms with Gasteiger partial charge in [0.05, 0.1) is 12.1 Å². The molecule has 1 saturated heterocycles. The molecule has 0 saturated carbocycles. The first-order valence-corrected chi connectivity index (χ1v) is 10.3. The summed E-state index contributed by atoms with van der Waals surface area (Å²) in [5.74, 6) is -0.230. The minimum Gasteiger partial charge on any atom is -0.441 e. The SMILES string of the molecule is Cc1ccc2c(c1)OC(N)=C1C(=O)N(Cc3ccc(-c4ccccc4)cc3)C(=O)CC12. The van der Waals surface area contributed by atoms with Gasteiger partial charge in [0, 0.05) is 17.9 Å². The maximum absolute atomic E-state index is 13.2. The Morgan fingerprint density at radius 3 is 2.42 bits per heavy atom. The third kappa shape index (κ3) is 3.38. The number of nitrogens with zero attached hydrogens (tertiary/aromatic N) is 1. The molecule has 2 aliphatic rings. The Morgan fingerprint density at radius 2 is 1.68 bits per heavy atom. The number of carbonyl (C=O) groups is 2. The van der Waals surface area contributed by atoms with Crippen LogP contribution in [0.5, 0.6) is 5.75 Å². The van der Waals surface area contributed by atoms with Crippen molar-refractivity contribution in [2.24, 2.45) is 5.73 Å². The van der Waals surface area contributed by atoms with Crippen molar-refractivity contribution in [1.29, 1.82) is 0 Å². The third-order valence-corrected chi connectivity index (χ3v) is 5.94. The second-order valence-electron chi connectivity index (χ2n) is 8.03. The number of fused-ring (bicyclic) bond motifs is 3. The number of imide groups is 1. The summed E-state index contributed by atoms with van der Waals surface area (Å²) in [6.07, 6.45) is 0.198. The van der Waals surface area contributed by atoms with Crippen molar-refractivity contribution >= 4 is 11.8 Å². The van der Waals surface area contributed by atoms with Gasteiger partial charge in [0.15, 0.2) is 5.88 Å². The summed E-state index contributed by atoms with van der Waals surface area (Å²) >= 11 is 0. The molecule has 5 rings (SSSR count). The molecule has 3 aromatic carbocycles. The molecule has 0 aliphatic carbocycles. The highest BCUT2D eigenvalue weighted by molar-refractivity contribution is 6.09. The van der Waals surface area contributed by atoms with E-state index in [4.69, 9.17) is 10.5 Å². The standard InChI is InChI=1S/C26H22N2O3/c1-16-7-12-20-21-14-23(29)28(26(30)24(21)25(27)31-22(20)13-16)15-17-8-10-19(11-9-17)18-5-3-2-4-6-18/h2-13,21H,14-15,27H2,1H3. The molecule has 1 unspecified atom stereocenters. The van der Waals surface area contributed by atoms with Crippen LogP contribution in [0.15, 0.2) is 84.3 Å². The maximum atomic E-state index is 13.2. The molecule has 0 spiro atoms. The lowest BCUT2D eigenvalue weighted by Gasteiger charge is -2.36. The number of carbonyl (C=O) groups excluding carboxylic acids is 2. The number of benzene rings is 3. The topological polar surface area (TPSA) is 72.6 Å². The molecular formula is C26H22N2O3. The number of rotatable bonds is 3. The molecule has 2 heterocycles. The highest BCUT2D eigenvalue weighted by atomic mass is 16.5. The first kappa shape index (κ1) is 19.1. The molecule has 154 valence electrons. The van der Waals surface area contributed by atoms with E-state index < -0.39 is 0 Å². The summed E-state index contributed by atoms with van der Waals surface area (Å²) in [6.45, 7) is 2.16. The van der Waals surface area contributed by atoms with Gasteiger partial charge >= 0.3 is 0 Å². The van der Waals surface area contributed by atoms with Gasteiger partial charge in [0.1, 0.15) is 5.75 Å². The van der Waals surface area contributed by atoms with Gasteiger partial charge in [-0.1, -0.05) is 66.7 Å². The molecule has 5 nitrogen and oxygen atoms in total. The number of hydrogen-bond donors (Lipinski definition) is 1. The van der Waals surface area contributed by atoms with Gasteiger partial charge in [-0.3, -0.25) is 14.5 Å². The fourth-order valence-corrected chi connectivity index (χ4v) is 4.30. The molecular weight excluding hydrogens is 388 g/mol. The lowest BCUT2D eigenvalue weighted by Crippen LogP contribution is -2.46. The molecule has 2 amide bonds. The lowest BCUT2D eigenvalue weighted by atomic mass is 9.82. The van der Waals surface area contributed by atoms with Gasteiger partial charge in [0.25, 0.3) is 5.91 Å². The second-order valence-corrected chi connectivity index (χ2v) is 8.03. The summed E-state index contributed by atoms with van der Waals surface area (Å²) in [5.41, 5.74) is 11.5. The van der Waals surface area contributed by atoms with E-state index in [1.807, 2.05) is 79.7 Å². The zero-order valence-electron chi connectivity index (χ0n) is 17.2. The molecule has 0 aromatic heterocycles. The van der Waals surface area contributed by atoms with Crippen molar-refractivity contribution in [2.45, 2.75) is 25.8 Å². The summed E-state index contributed by atoms with van der Waals surface area (Å²) in [4.78, 5) is 27.5. The fourth-order valence-electron chi connectivity index (χ4n) is 4.30. The van der Waals surface area contributed by atoms with Crippen molar-refractivity contribution in [2.75, 3.05) is 0 Å². The monoisotopic (exact) mass is 410 g/mol. The summed E-state index contributed by atoms with van der Waals surface area (Å²) in [7, 11) is 0. The number of nitrogens with two attached hydrogens (primary N) is 1. The molecule has 31 heavy (non-hydrogen) atoms. The number of likely N-dealkylation sites (tertiary alicyclic amines) is 1. The summed E-state index contributed by atoms with van der Waals surface area (Å²) in [5, 5.41) is 0. The highest BCUT2D eigenvalue weighted by Crippen LogP contribution is 2.44. The first-order chi connectivity index (χ1) is 15.0. The van der Waals surface area contributed by atoms with Crippen molar-refractivity contribution in [3.8, 4) is 16.9 Å². The van der Waals surface area contributed by atoms with E-state index >= 15 is 0 Å². The number of hydrogen-bond acceptors (Lipinski definition) is 4. The van der Waals surface area contributed by atoms with Gasteiger partial charge in [0.2, 0.25) is 5.91 Å². The van der Waals surface area contributed by atoms with E-state index in [1.165, 1.54) is 4.90 Å². The number of aryl methyl sites for hydroxylation is 1. The van der Waals surface area contributed by atoms with Crippen LogP contribution in [0.1, 0.15) is 29.0 Å². The largest absolute Gasteiger partial charge is 0.441 e. The predicted octanol–water partition coefficient (Wildman–Crippen LogP) is 4.27. The predicted molar refractivity (Wildman–Crippen MR) is 118 cm³/mol. The Bertz CT molecular complexity index is 1210. The Kier molecular flexibility index (Phi) is 4.59. The third-order valence-electron chi connectivity index (χ3n) is 5.94. The van der Waals surface area contributed by atoms with Crippen LogP contribution in [-0.2, 0) is 16.1 Å². The zero-order chi connectivity index (χ0) is 21.5. The Balaban J connectivity index is 1.40. The quantitative estimate of drug-likeness (QED) is 0.655. The summed E-state index contributed by atoms with van der Waals surface area (Å²) in [6, 6.07) is 23.7. The van der Waals surface area contributed by atoms with Gasteiger partial charge in [-0.2, -0.15) is 0 Å². The normalized spacial score (nSPS) is 17.8. The van der Waals surface area contributed by atoms with Crippen molar-refractivity contribution < 1.29 is 14.3 Å². The van der Waals surface area contributed by atoms with Crippen LogP contribution in [0.4, 0.5) is 0 Å². The molecule has 1 fully saturated rings. The highest BCUT2D eigenvalue weighted by Gasteiger charge is 2.43. The van der Waals surface area contributed by atoms with Crippen molar-refractivity contribution in [3.05, 3.63) is 101 Å². The molecule has 0 bridgehead atoms. The van der Waals surface area contributed by atoms with E-state index in [9.17, 15) is 9.59 Å². The first-order valence-electron chi connectivity index (χ1n) is 10.3. The molecule has 1 atom stereocenters. The zero-order valence-corrected chi connectivity index (χ0v) is 17.2. The molecule has 2 aliphatic heterocycles. The summed E-state index contributed by atoms with van der Waals surface area (Å²) < 4.78 is 5.75. The Morgan fingerprint density at radius 1 is 0.968 bits per heavy atom. The smallest absolute Gasteiger partial charge is 0.262 e. The van der Waals surface area contributed by atoms with Crippen molar-refractivity contribution in [1.82, 2.24) is 4.90 Å². The van der Waals surface area contributed by atoms with Gasteiger partial charge in [-0.25, -0.2) is 0 Å². The van der Waals surface area contributed by atoms with Crippen LogP contribution in [-0.4, -0.2) is 16.7 Å². The van der Waals surface area contributed by atoms with E-state index in [1.54, 1.807) is 0 Å². The van der Waals surface area contributed by atoms with Gasteiger partial charge < -0.3 is 10.5 Å². The van der Waals surface area contributed by atoms with Gasteiger partial charge in [-0.05, 0) is 35.2 Å². The Labute approximate surface area is 180 Å². The average Bonchev–Trinajstić information content (AvgIpc) is 2.77. The van der Waals surface area contributed by atoms with E-state index in [0.717, 1.165) is 27.8 Å². The molecule has 0 radical (unpaired) electrons. The van der Waals surface area contributed by atoms with E-state index in [0.29, 0.717) is 11.3 Å². The van der Waals surface area contributed by atoms with Crippen LogP contribution >= 0.6 is 0 Å². The maximum Gasteiger partial charge on any atom is 0.262 e. The van der Waals surface area contributed by atoms with Crippen LogP contribution in [0.2, 0.25) is 0 Å². The Hall–Kier alpha value is -3.86. The second kappa shape index (κ2) is 7.43. The minimum atomic E-state index is -0.378. The average molecular weight is 410 g/mol. The van der Waals surface area contributed by atoms with Crippen molar-refractivity contribution in [3.63, 3.8) is 0 Å². The van der Waals surface area contributed by atoms with Crippen LogP contribution in [0, 0.1) is 6.92 Å². The number of amides is 2. The fraction of sp³-hybridized carbons (Fsp3) is 0.154. The van der Waals surface area contributed by atoms with E-state index in [-0.39, 0.29) is 36.6 Å². The van der Waals surface area contributed by atoms with Gasteiger partial charge in [-0.15, -0.1) is 0 Å². The molecule has 2 N–H and O–H groups in total. The van der Waals surface area contributed by atoms with Crippen LogP contribution in [0.25, 0.3) is 11.1 Å². The molecule has 3 aromatic rings. The number of piperidine rings is 1. The van der Waals surface area contributed by atoms with E-state index in [2.05, 4.69) is 0 Å². The van der Waals surface area contributed by atoms with Crippen LogP contribution < -0.4 is 10.5 Å². The number of ether oxygens (including phenoxy) is 1.